The Morgan fingerprint density at radius 1 is 0.970 bits per heavy atom. The standard InChI is InChI=1S/C23H18N6O3S/c1-32-16-6-8-17(9-7-16)33(30,31)21-20-23(28-19-5-3-2-4-18(19)27-20)29(22(21)24)26-14-15-10-12-25-13-11-15/h2-14H,24H2,1H3/b26-14-. The van der Waals surface area contributed by atoms with E-state index >= 15 is 0 Å². The number of anilines is 1. The van der Waals surface area contributed by atoms with Crippen LogP contribution in [-0.4, -0.2) is 41.4 Å². The topological polar surface area (TPSA) is 125 Å². The second kappa shape index (κ2) is 7.99. The number of methoxy groups -OCH3 is 1. The number of sulfone groups is 1. The monoisotopic (exact) mass is 458 g/mol. The van der Waals surface area contributed by atoms with E-state index in [4.69, 9.17) is 10.5 Å². The van der Waals surface area contributed by atoms with Gasteiger partial charge in [-0.1, -0.05) is 12.1 Å². The fourth-order valence-electron chi connectivity index (χ4n) is 3.45. The van der Waals surface area contributed by atoms with E-state index in [-0.39, 0.29) is 26.8 Å². The molecule has 0 bridgehead atoms. The van der Waals surface area contributed by atoms with Crippen LogP contribution in [0.15, 0.2) is 87.9 Å². The van der Waals surface area contributed by atoms with E-state index in [1.165, 1.54) is 23.9 Å². The highest BCUT2D eigenvalue weighted by atomic mass is 32.2. The van der Waals surface area contributed by atoms with Crippen LogP contribution in [0.5, 0.6) is 5.75 Å². The smallest absolute Gasteiger partial charge is 0.212 e. The highest BCUT2D eigenvalue weighted by molar-refractivity contribution is 7.92. The Balaban J connectivity index is 1.78. The van der Waals surface area contributed by atoms with Crippen LogP contribution in [0.1, 0.15) is 5.56 Å². The molecule has 10 heteroatoms. The van der Waals surface area contributed by atoms with Crippen molar-refractivity contribution in [1.29, 1.82) is 0 Å². The second-order valence-electron chi connectivity index (χ2n) is 7.11. The number of fused-ring (bicyclic) bond motifs is 2. The first-order valence-corrected chi connectivity index (χ1v) is 11.4. The van der Waals surface area contributed by atoms with E-state index in [0.717, 1.165) is 5.56 Å². The molecule has 5 aromatic rings. The fourth-order valence-corrected chi connectivity index (χ4v) is 4.93. The molecule has 9 nitrogen and oxygen atoms in total. The molecule has 2 aromatic carbocycles. The van der Waals surface area contributed by atoms with Gasteiger partial charge < -0.3 is 10.5 Å². The first kappa shape index (κ1) is 20.6. The van der Waals surface area contributed by atoms with Crippen LogP contribution in [0.4, 0.5) is 5.82 Å². The Hall–Kier alpha value is -4.31. The Labute approximate surface area is 189 Å². The molecule has 0 saturated heterocycles. The fraction of sp³-hybridized carbons (Fsp3) is 0.0435. The summed E-state index contributed by atoms with van der Waals surface area (Å²) in [5, 5.41) is 4.42. The third kappa shape index (κ3) is 3.56. The molecule has 33 heavy (non-hydrogen) atoms. The number of ether oxygens (including phenoxy) is 1. The molecule has 5 rings (SSSR count). The molecule has 0 spiro atoms. The minimum atomic E-state index is -4.04. The van der Waals surface area contributed by atoms with Gasteiger partial charge in [-0.15, -0.1) is 0 Å². The molecule has 0 aliphatic carbocycles. The highest BCUT2D eigenvalue weighted by Gasteiger charge is 2.30. The zero-order valence-corrected chi connectivity index (χ0v) is 18.3. The molecule has 3 aromatic heterocycles. The van der Waals surface area contributed by atoms with Gasteiger partial charge in [0.15, 0.2) is 5.65 Å². The summed E-state index contributed by atoms with van der Waals surface area (Å²) in [6.07, 6.45) is 4.81. The molecule has 0 radical (unpaired) electrons. The van der Waals surface area contributed by atoms with Gasteiger partial charge in [0, 0.05) is 12.4 Å². The molecular formula is C23H18N6O3S. The summed E-state index contributed by atoms with van der Waals surface area (Å²) < 4.78 is 33.7. The summed E-state index contributed by atoms with van der Waals surface area (Å²) >= 11 is 0. The number of hydrogen-bond donors (Lipinski definition) is 1. The van der Waals surface area contributed by atoms with Crippen molar-refractivity contribution in [2.75, 3.05) is 12.8 Å². The van der Waals surface area contributed by atoms with Gasteiger partial charge >= 0.3 is 0 Å². The second-order valence-corrected chi connectivity index (χ2v) is 9.00. The zero-order chi connectivity index (χ0) is 23.0. The van der Waals surface area contributed by atoms with Crippen LogP contribution in [0.25, 0.3) is 22.2 Å². The van der Waals surface area contributed by atoms with Gasteiger partial charge in [-0.2, -0.15) is 9.78 Å². The summed E-state index contributed by atoms with van der Waals surface area (Å²) in [6.45, 7) is 0. The summed E-state index contributed by atoms with van der Waals surface area (Å²) in [7, 11) is -2.53. The highest BCUT2D eigenvalue weighted by Crippen LogP contribution is 2.35. The van der Waals surface area contributed by atoms with Crippen LogP contribution < -0.4 is 10.5 Å². The van der Waals surface area contributed by atoms with Crippen molar-refractivity contribution in [3.05, 3.63) is 78.6 Å². The molecule has 0 unspecified atom stereocenters. The lowest BCUT2D eigenvalue weighted by Crippen LogP contribution is -2.06. The number of nitrogens with two attached hydrogens (primary N) is 1. The summed E-state index contributed by atoms with van der Waals surface area (Å²) in [5.74, 6) is 0.457. The van der Waals surface area contributed by atoms with Crippen molar-refractivity contribution in [2.45, 2.75) is 9.79 Å². The van der Waals surface area contributed by atoms with Crippen LogP contribution in [-0.2, 0) is 9.84 Å². The molecule has 2 N–H and O–H groups in total. The van der Waals surface area contributed by atoms with Crippen molar-refractivity contribution in [2.24, 2.45) is 5.10 Å². The Morgan fingerprint density at radius 3 is 2.30 bits per heavy atom. The third-order valence-corrected chi connectivity index (χ3v) is 6.93. The van der Waals surface area contributed by atoms with E-state index < -0.39 is 9.84 Å². The average Bonchev–Trinajstić information content (AvgIpc) is 3.12. The molecule has 164 valence electrons. The normalized spacial score (nSPS) is 12.0. The first-order chi connectivity index (χ1) is 16.0. The van der Waals surface area contributed by atoms with Gasteiger partial charge in [0.05, 0.1) is 29.3 Å². The summed E-state index contributed by atoms with van der Waals surface area (Å²) in [5.41, 5.74) is 8.67. The lowest BCUT2D eigenvalue weighted by atomic mass is 10.3. The van der Waals surface area contributed by atoms with E-state index in [1.807, 2.05) is 12.1 Å². The van der Waals surface area contributed by atoms with Crippen molar-refractivity contribution in [3.63, 3.8) is 0 Å². The van der Waals surface area contributed by atoms with Crippen molar-refractivity contribution in [3.8, 4) is 5.75 Å². The van der Waals surface area contributed by atoms with Crippen LogP contribution in [0.2, 0.25) is 0 Å². The number of pyridine rings is 1. The van der Waals surface area contributed by atoms with Gasteiger partial charge in [0.2, 0.25) is 9.84 Å². The molecular weight excluding hydrogens is 440 g/mol. The van der Waals surface area contributed by atoms with Crippen LogP contribution >= 0.6 is 0 Å². The maximum atomic E-state index is 13.6. The van der Waals surface area contributed by atoms with E-state index in [1.54, 1.807) is 55.0 Å². The molecule has 0 amide bonds. The van der Waals surface area contributed by atoms with Gasteiger partial charge in [0.1, 0.15) is 22.0 Å². The Morgan fingerprint density at radius 2 is 1.64 bits per heavy atom. The maximum absolute atomic E-state index is 13.6. The van der Waals surface area contributed by atoms with Gasteiger partial charge in [-0.25, -0.2) is 18.4 Å². The average molecular weight is 459 g/mol. The van der Waals surface area contributed by atoms with E-state index in [9.17, 15) is 8.42 Å². The number of hydrogen-bond acceptors (Lipinski definition) is 8. The Kier molecular flexibility index (Phi) is 4.98. The zero-order valence-electron chi connectivity index (χ0n) is 17.5. The number of rotatable bonds is 5. The summed E-state index contributed by atoms with van der Waals surface area (Å²) in [4.78, 5) is 13.1. The first-order valence-electron chi connectivity index (χ1n) is 9.89. The van der Waals surface area contributed by atoms with Gasteiger partial charge in [0.25, 0.3) is 0 Å². The quantitative estimate of drug-likeness (QED) is 0.401. The minimum absolute atomic E-state index is 0.0575. The molecule has 0 aliphatic heterocycles. The number of para-hydroxylation sites is 2. The third-order valence-electron chi connectivity index (χ3n) is 5.10. The molecule has 0 fully saturated rings. The predicted octanol–water partition coefficient (Wildman–Crippen LogP) is 3.29. The van der Waals surface area contributed by atoms with Crippen molar-refractivity contribution < 1.29 is 13.2 Å². The number of nitrogen functional groups attached to an aromatic ring is 1. The van der Waals surface area contributed by atoms with E-state index in [2.05, 4.69) is 20.1 Å². The molecule has 0 saturated carbocycles. The van der Waals surface area contributed by atoms with E-state index in [0.29, 0.717) is 16.8 Å². The number of nitrogens with zero attached hydrogens (tertiary/aromatic N) is 5. The van der Waals surface area contributed by atoms with Gasteiger partial charge in [-0.3, -0.25) is 4.98 Å². The van der Waals surface area contributed by atoms with Gasteiger partial charge in [-0.05, 0) is 54.1 Å². The van der Waals surface area contributed by atoms with Crippen molar-refractivity contribution in [1.82, 2.24) is 19.6 Å². The SMILES string of the molecule is COc1ccc(S(=O)(=O)c2c(N)n(/N=C\c3ccncc3)c3nc4ccccc4nc23)cc1. The molecule has 3 heterocycles. The van der Waals surface area contributed by atoms with Crippen molar-refractivity contribution >= 4 is 44.1 Å². The predicted molar refractivity (Wildman–Crippen MR) is 125 cm³/mol. The largest absolute Gasteiger partial charge is 0.497 e. The lowest BCUT2D eigenvalue weighted by molar-refractivity contribution is 0.414. The Bertz CT molecular complexity index is 1610. The number of aromatic nitrogens is 4. The minimum Gasteiger partial charge on any atom is -0.497 e. The maximum Gasteiger partial charge on any atom is 0.212 e. The molecule has 0 atom stereocenters. The van der Waals surface area contributed by atoms with Crippen LogP contribution in [0.3, 0.4) is 0 Å². The lowest BCUT2D eigenvalue weighted by Gasteiger charge is -2.06. The summed E-state index contributed by atoms with van der Waals surface area (Å²) in [6, 6.07) is 16.8. The molecule has 0 aliphatic rings. The number of benzene rings is 2. The van der Waals surface area contributed by atoms with Crippen LogP contribution in [0, 0.1) is 0 Å².